The Labute approximate surface area is 155 Å². The van der Waals surface area contributed by atoms with Crippen LogP contribution in [0, 0.1) is 20.8 Å². The molecule has 1 N–H and O–H groups in total. The van der Waals surface area contributed by atoms with Crippen molar-refractivity contribution in [1.82, 2.24) is 14.7 Å². The van der Waals surface area contributed by atoms with E-state index in [1.807, 2.05) is 61.8 Å². The number of aryl methyl sites for hydroxylation is 3. The number of imidazole rings is 1. The lowest BCUT2D eigenvalue weighted by atomic mass is 10.1. The summed E-state index contributed by atoms with van der Waals surface area (Å²) in [5, 5.41) is 2.85. The van der Waals surface area contributed by atoms with Crippen LogP contribution in [0.15, 0.2) is 41.1 Å². The van der Waals surface area contributed by atoms with E-state index in [0.29, 0.717) is 6.54 Å². The van der Waals surface area contributed by atoms with Gasteiger partial charge in [-0.3, -0.25) is 4.79 Å². The van der Waals surface area contributed by atoms with Gasteiger partial charge in [0.15, 0.2) is 6.61 Å². The maximum Gasteiger partial charge on any atom is 0.258 e. The van der Waals surface area contributed by atoms with Crippen LogP contribution in [-0.4, -0.2) is 21.9 Å². The Hall–Kier alpha value is -2.34. The fourth-order valence-electron chi connectivity index (χ4n) is 2.61. The Balaban J connectivity index is 1.59. The quantitative estimate of drug-likeness (QED) is 0.708. The molecule has 0 aliphatic heterocycles. The van der Waals surface area contributed by atoms with Crippen molar-refractivity contribution in [3.63, 3.8) is 0 Å². The molecule has 0 aliphatic carbocycles. The molecule has 0 radical (unpaired) electrons. The monoisotopic (exact) mass is 401 g/mol. The first kappa shape index (κ1) is 17.5. The van der Waals surface area contributed by atoms with Gasteiger partial charge < -0.3 is 14.5 Å². The number of benzene rings is 1. The molecule has 5 nitrogen and oxygen atoms in total. The summed E-state index contributed by atoms with van der Waals surface area (Å²) in [5.74, 6) is 0.569. The van der Waals surface area contributed by atoms with Gasteiger partial charge in [0.05, 0.1) is 12.2 Å². The Morgan fingerprint density at radius 1 is 1.20 bits per heavy atom. The number of aromatic nitrogens is 2. The van der Waals surface area contributed by atoms with E-state index >= 15 is 0 Å². The number of fused-ring (bicyclic) bond motifs is 1. The fraction of sp³-hybridized carbons (Fsp3) is 0.263. The Bertz CT molecular complexity index is 934. The van der Waals surface area contributed by atoms with Crippen LogP contribution in [0.5, 0.6) is 5.75 Å². The molecule has 0 bridgehead atoms. The van der Waals surface area contributed by atoms with Crippen molar-refractivity contribution < 1.29 is 9.53 Å². The first-order valence-corrected chi connectivity index (χ1v) is 8.82. The molecule has 0 aliphatic rings. The van der Waals surface area contributed by atoms with Crippen molar-refractivity contribution in [3.8, 4) is 5.75 Å². The van der Waals surface area contributed by atoms with Gasteiger partial charge in [-0.1, -0.05) is 12.1 Å². The van der Waals surface area contributed by atoms with E-state index in [4.69, 9.17) is 4.74 Å². The van der Waals surface area contributed by atoms with Crippen LogP contribution in [0.25, 0.3) is 5.65 Å². The molecule has 130 valence electrons. The summed E-state index contributed by atoms with van der Waals surface area (Å²) in [4.78, 5) is 16.6. The lowest BCUT2D eigenvalue weighted by Crippen LogP contribution is -2.28. The number of pyridine rings is 1. The van der Waals surface area contributed by atoms with Crippen molar-refractivity contribution in [2.24, 2.45) is 0 Å². The molecule has 0 spiro atoms. The molecule has 0 saturated heterocycles. The number of halogens is 1. The van der Waals surface area contributed by atoms with E-state index in [1.54, 1.807) is 0 Å². The van der Waals surface area contributed by atoms with Gasteiger partial charge >= 0.3 is 0 Å². The van der Waals surface area contributed by atoms with E-state index in [9.17, 15) is 4.79 Å². The predicted molar refractivity (Wildman–Crippen MR) is 101 cm³/mol. The molecular weight excluding hydrogens is 382 g/mol. The van der Waals surface area contributed by atoms with Crippen LogP contribution >= 0.6 is 15.9 Å². The smallest absolute Gasteiger partial charge is 0.258 e. The molecule has 3 rings (SSSR count). The summed E-state index contributed by atoms with van der Waals surface area (Å²) in [5.41, 5.74) is 4.89. The molecule has 1 aromatic carbocycles. The summed E-state index contributed by atoms with van der Waals surface area (Å²) in [7, 11) is 0. The van der Waals surface area contributed by atoms with Crippen LogP contribution in [0.2, 0.25) is 0 Å². The minimum Gasteiger partial charge on any atom is -0.483 e. The largest absolute Gasteiger partial charge is 0.483 e. The molecule has 2 heterocycles. The van der Waals surface area contributed by atoms with E-state index in [0.717, 1.165) is 38.3 Å². The Morgan fingerprint density at radius 2 is 2.00 bits per heavy atom. The molecule has 25 heavy (non-hydrogen) atoms. The predicted octanol–water partition coefficient (Wildman–Crippen LogP) is 3.72. The zero-order chi connectivity index (χ0) is 18.0. The summed E-state index contributed by atoms with van der Waals surface area (Å²) in [6.07, 6.45) is 3.86. The number of hydrogen-bond acceptors (Lipinski definition) is 3. The molecule has 2 aromatic heterocycles. The summed E-state index contributed by atoms with van der Waals surface area (Å²) < 4.78 is 8.56. The number of rotatable bonds is 5. The second-order valence-electron chi connectivity index (χ2n) is 6.14. The molecule has 3 aromatic rings. The van der Waals surface area contributed by atoms with Gasteiger partial charge in [-0.2, -0.15) is 0 Å². The van der Waals surface area contributed by atoms with Crippen LogP contribution in [-0.2, 0) is 11.3 Å². The number of nitrogens with zero attached hydrogens (tertiary/aromatic N) is 2. The highest BCUT2D eigenvalue weighted by atomic mass is 79.9. The van der Waals surface area contributed by atoms with E-state index < -0.39 is 0 Å². The zero-order valence-electron chi connectivity index (χ0n) is 14.5. The van der Waals surface area contributed by atoms with Gasteiger partial charge in [0.1, 0.15) is 11.4 Å². The molecule has 0 unspecified atom stereocenters. The van der Waals surface area contributed by atoms with E-state index in [2.05, 4.69) is 26.2 Å². The highest BCUT2D eigenvalue weighted by Crippen LogP contribution is 2.19. The topological polar surface area (TPSA) is 55.6 Å². The number of amides is 1. The van der Waals surface area contributed by atoms with Crippen LogP contribution in [0.3, 0.4) is 0 Å². The fourth-order valence-corrected chi connectivity index (χ4v) is 3.17. The van der Waals surface area contributed by atoms with Crippen LogP contribution < -0.4 is 10.1 Å². The second kappa shape index (κ2) is 7.27. The number of nitrogens with one attached hydrogen (secondary N) is 1. The summed E-state index contributed by atoms with van der Waals surface area (Å²) in [6.45, 7) is 6.32. The van der Waals surface area contributed by atoms with Crippen molar-refractivity contribution in [1.29, 1.82) is 0 Å². The molecule has 6 heteroatoms. The third-order valence-electron chi connectivity index (χ3n) is 3.92. The minimum atomic E-state index is -0.170. The van der Waals surface area contributed by atoms with Gasteiger partial charge in [0, 0.05) is 16.9 Å². The SMILES string of the molecule is Cc1ccc(C)c(OCC(=O)NCc2cn3cc(Br)cc(C)c3n2)c1. The molecule has 0 fully saturated rings. The second-order valence-corrected chi connectivity index (χ2v) is 7.05. The first-order valence-electron chi connectivity index (χ1n) is 8.03. The van der Waals surface area contributed by atoms with Crippen molar-refractivity contribution in [3.05, 3.63) is 63.5 Å². The molecule has 1 amide bonds. The molecule has 0 atom stereocenters. The number of carbonyl (C=O) groups is 1. The van der Waals surface area contributed by atoms with Gasteiger partial charge in [-0.05, 0) is 65.5 Å². The lowest BCUT2D eigenvalue weighted by Gasteiger charge is -2.09. The van der Waals surface area contributed by atoms with Crippen LogP contribution in [0.1, 0.15) is 22.4 Å². The zero-order valence-corrected chi connectivity index (χ0v) is 16.1. The van der Waals surface area contributed by atoms with Gasteiger partial charge in [0.25, 0.3) is 5.91 Å². The van der Waals surface area contributed by atoms with Gasteiger partial charge in [0.2, 0.25) is 0 Å². The van der Waals surface area contributed by atoms with E-state index in [1.165, 1.54) is 0 Å². The van der Waals surface area contributed by atoms with Crippen molar-refractivity contribution >= 4 is 27.5 Å². The summed E-state index contributed by atoms with van der Waals surface area (Å²) >= 11 is 3.47. The van der Waals surface area contributed by atoms with Crippen LogP contribution in [0.4, 0.5) is 0 Å². The Morgan fingerprint density at radius 3 is 2.80 bits per heavy atom. The van der Waals surface area contributed by atoms with Crippen molar-refractivity contribution in [2.75, 3.05) is 6.61 Å². The molecular formula is C19H20BrN3O2. The third-order valence-corrected chi connectivity index (χ3v) is 4.35. The third kappa shape index (κ3) is 4.20. The highest BCUT2D eigenvalue weighted by molar-refractivity contribution is 9.10. The number of carbonyl (C=O) groups excluding carboxylic acids is 1. The van der Waals surface area contributed by atoms with E-state index in [-0.39, 0.29) is 12.5 Å². The van der Waals surface area contributed by atoms with Gasteiger partial charge in [-0.25, -0.2) is 4.98 Å². The summed E-state index contributed by atoms with van der Waals surface area (Å²) in [6, 6.07) is 7.96. The average molecular weight is 402 g/mol. The number of hydrogen-bond donors (Lipinski definition) is 1. The number of ether oxygens (including phenoxy) is 1. The highest BCUT2D eigenvalue weighted by Gasteiger charge is 2.08. The normalized spacial score (nSPS) is 10.9. The molecule has 0 saturated carbocycles. The Kier molecular flexibility index (Phi) is 5.08. The maximum atomic E-state index is 12.0. The van der Waals surface area contributed by atoms with Crippen molar-refractivity contribution in [2.45, 2.75) is 27.3 Å². The van der Waals surface area contributed by atoms with Gasteiger partial charge in [-0.15, -0.1) is 0 Å². The first-order chi connectivity index (χ1) is 11.9. The standard InChI is InChI=1S/C19H20BrN3O2/c1-12-4-5-13(2)17(6-12)25-11-18(24)21-8-16-10-23-9-15(20)7-14(3)19(23)22-16/h4-7,9-10H,8,11H2,1-3H3,(H,21,24). The minimum absolute atomic E-state index is 0.0117. The lowest BCUT2D eigenvalue weighted by molar-refractivity contribution is -0.123. The average Bonchev–Trinajstić information content (AvgIpc) is 2.97. The maximum absolute atomic E-state index is 12.0.